The number of amides is 3. The van der Waals surface area contributed by atoms with E-state index in [1.165, 1.54) is 0 Å². The smallest absolute Gasteiger partial charge is 0.319 e. The first-order valence-corrected chi connectivity index (χ1v) is 12.4. The molecule has 1 aliphatic heterocycles. The Morgan fingerprint density at radius 2 is 2.00 bits per heavy atom. The van der Waals surface area contributed by atoms with E-state index in [1.807, 2.05) is 32.0 Å². The number of nitrogens with zero attached hydrogens (tertiary/aromatic N) is 3. The molecule has 1 aromatic heterocycles. The van der Waals surface area contributed by atoms with Crippen LogP contribution in [-0.4, -0.2) is 78.8 Å². The highest BCUT2D eigenvalue weighted by Crippen LogP contribution is 2.26. The molecular weight excluding hydrogens is 458 g/mol. The van der Waals surface area contributed by atoms with Crippen molar-refractivity contribution in [3.63, 3.8) is 0 Å². The summed E-state index contributed by atoms with van der Waals surface area (Å²) in [4.78, 5) is 34.2. The largest absolute Gasteiger partial charge is 0.491 e. The Morgan fingerprint density at radius 3 is 2.67 bits per heavy atom. The van der Waals surface area contributed by atoms with Crippen LogP contribution in [0.2, 0.25) is 0 Å². The summed E-state index contributed by atoms with van der Waals surface area (Å²) in [6.07, 6.45) is 1.65. The predicted octanol–water partition coefficient (Wildman–Crippen LogP) is 3.62. The molecule has 2 aromatic rings. The molecule has 2 heterocycles. The number of ether oxygens (including phenoxy) is 2. The van der Waals surface area contributed by atoms with E-state index in [2.05, 4.69) is 34.4 Å². The number of pyridine rings is 1. The molecule has 3 amide bonds. The van der Waals surface area contributed by atoms with Crippen LogP contribution < -0.4 is 15.4 Å². The van der Waals surface area contributed by atoms with Crippen LogP contribution >= 0.6 is 0 Å². The molecule has 0 spiro atoms. The predicted molar refractivity (Wildman–Crippen MR) is 140 cm³/mol. The summed E-state index contributed by atoms with van der Waals surface area (Å²) in [5.74, 6) is 0.447. The minimum atomic E-state index is -0.327. The SMILES string of the molecule is CO[C@@H]1CN(C)C(=O)c2cc(NC(=O)NC(C)C)ccc2OC[C@@H](C)N(Cc2ccccn2)C[C@H]1C. The van der Waals surface area contributed by atoms with Crippen molar-refractivity contribution < 1.29 is 19.1 Å². The van der Waals surface area contributed by atoms with Crippen LogP contribution in [0.1, 0.15) is 43.7 Å². The van der Waals surface area contributed by atoms with Gasteiger partial charge in [-0.3, -0.25) is 14.7 Å². The van der Waals surface area contributed by atoms with Gasteiger partial charge in [-0.2, -0.15) is 0 Å². The maximum absolute atomic E-state index is 13.5. The molecule has 9 heteroatoms. The molecule has 3 atom stereocenters. The van der Waals surface area contributed by atoms with Crippen LogP contribution in [0, 0.1) is 5.92 Å². The van der Waals surface area contributed by atoms with E-state index in [4.69, 9.17) is 9.47 Å². The summed E-state index contributed by atoms with van der Waals surface area (Å²) in [5, 5.41) is 5.59. The number of urea groups is 1. The number of hydrogen-bond donors (Lipinski definition) is 2. The Hall–Kier alpha value is -3.17. The van der Waals surface area contributed by atoms with E-state index in [-0.39, 0.29) is 36.0 Å². The number of nitrogens with one attached hydrogen (secondary N) is 2. The van der Waals surface area contributed by atoms with E-state index in [9.17, 15) is 9.59 Å². The number of hydrogen-bond acceptors (Lipinski definition) is 6. The third-order valence-corrected chi connectivity index (χ3v) is 6.34. The summed E-state index contributed by atoms with van der Waals surface area (Å²) >= 11 is 0. The van der Waals surface area contributed by atoms with Crippen molar-refractivity contribution in [2.75, 3.05) is 39.2 Å². The number of benzene rings is 1. The maximum atomic E-state index is 13.5. The normalized spacial score (nSPS) is 21.7. The zero-order valence-corrected chi connectivity index (χ0v) is 22.2. The number of rotatable bonds is 5. The molecule has 0 saturated carbocycles. The summed E-state index contributed by atoms with van der Waals surface area (Å²) in [6.45, 7) is 10.3. The van der Waals surface area contributed by atoms with Gasteiger partial charge < -0.3 is 25.0 Å². The lowest BCUT2D eigenvalue weighted by molar-refractivity contribution is 0.00901. The van der Waals surface area contributed by atoms with Crippen LogP contribution in [-0.2, 0) is 11.3 Å². The van der Waals surface area contributed by atoms with Gasteiger partial charge in [0.15, 0.2) is 0 Å². The number of aromatic nitrogens is 1. The van der Waals surface area contributed by atoms with Gasteiger partial charge in [-0.25, -0.2) is 4.79 Å². The van der Waals surface area contributed by atoms with Gasteiger partial charge in [0.1, 0.15) is 12.4 Å². The number of carbonyl (C=O) groups is 2. The van der Waals surface area contributed by atoms with Crippen molar-refractivity contribution >= 4 is 17.6 Å². The summed E-state index contributed by atoms with van der Waals surface area (Å²) in [7, 11) is 3.45. The maximum Gasteiger partial charge on any atom is 0.319 e. The van der Waals surface area contributed by atoms with Crippen molar-refractivity contribution in [1.82, 2.24) is 20.1 Å². The van der Waals surface area contributed by atoms with Gasteiger partial charge in [-0.05, 0) is 57.0 Å². The lowest BCUT2D eigenvalue weighted by Gasteiger charge is -2.35. The molecule has 0 aliphatic carbocycles. The van der Waals surface area contributed by atoms with E-state index in [0.717, 1.165) is 12.2 Å². The lowest BCUT2D eigenvalue weighted by atomic mass is 10.0. The van der Waals surface area contributed by atoms with Gasteiger partial charge in [0, 0.05) is 57.8 Å². The molecule has 3 rings (SSSR count). The van der Waals surface area contributed by atoms with Gasteiger partial charge in [0.25, 0.3) is 5.91 Å². The van der Waals surface area contributed by atoms with Gasteiger partial charge in [-0.1, -0.05) is 13.0 Å². The fourth-order valence-corrected chi connectivity index (χ4v) is 4.28. The molecular formula is C27H39N5O4. The monoisotopic (exact) mass is 497 g/mol. The summed E-state index contributed by atoms with van der Waals surface area (Å²) in [5.41, 5.74) is 1.90. The highest BCUT2D eigenvalue weighted by atomic mass is 16.5. The molecule has 36 heavy (non-hydrogen) atoms. The molecule has 0 saturated heterocycles. The molecule has 9 nitrogen and oxygen atoms in total. The Kier molecular flexibility index (Phi) is 9.66. The summed E-state index contributed by atoms with van der Waals surface area (Å²) < 4.78 is 12.0. The molecule has 2 N–H and O–H groups in total. The number of anilines is 1. The number of likely N-dealkylation sites (N-methyl/N-ethyl adjacent to an activating group) is 1. The second-order valence-corrected chi connectivity index (χ2v) is 9.81. The minimum Gasteiger partial charge on any atom is -0.491 e. The van der Waals surface area contributed by atoms with Crippen molar-refractivity contribution in [2.45, 2.75) is 52.4 Å². The quantitative estimate of drug-likeness (QED) is 0.655. The van der Waals surface area contributed by atoms with Crippen LogP contribution in [0.3, 0.4) is 0 Å². The lowest BCUT2D eigenvalue weighted by Crippen LogP contribution is -2.46. The number of carbonyl (C=O) groups excluding carboxylic acids is 2. The van der Waals surface area contributed by atoms with E-state index >= 15 is 0 Å². The van der Waals surface area contributed by atoms with E-state index < -0.39 is 0 Å². The van der Waals surface area contributed by atoms with Crippen LogP contribution in [0.15, 0.2) is 42.6 Å². The zero-order chi connectivity index (χ0) is 26.2. The van der Waals surface area contributed by atoms with Crippen molar-refractivity contribution in [1.29, 1.82) is 0 Å². The van der Waals surface area contributed by atoms with Crippen LogP contribution in [0.5, 0.6) is 5.75 Å². The Morgan fingerprint density at radius 1 is 1.22 bits per heavy atom. The second-order valence-electron chi connectivity index (χ2n) is 9.81. The van der Waals surface area contributed by atoms with Gasteiger partial charge in [0.2, 0.25) is 0 Å². The fraction of sp³-hybridized carbons (Fsp3) is 0.519. The first-order valence-electron chi connectivity index (χ1n) is 12.4. The molecule has 1 aliphatic rings. The Labute approximate surface area is 214 Å². The Balaban J connectivity index is 1.91. The minimum absolute atomic E-state index is 0.00567. The standard InChI is InChI=1S/C27H39N5O4/c1-18(2)29-27(34)30-21-10-11-24-23(13-21)26(33)31(5)16-25(35-6)19(3)14-32(20(4)17-36-24)15-22-9-7-8-12-28-22/h7-13,18-20,25H,14-17H2,1-6H3,(H2,29,30,34)/t19-,20-,25-/m1/s1. The highest BCUT2D eigenvalue weighted by Gasteiger charge is 2.28. The highest BCUT2D eigenvalue weighted by molar-refractivity contribution is 5.99. The first-order chi connectivity index (χ1) is 17.2. The third-order valence-electron chi connectivity index (χ3n) is 6.34. The molecule has 0 bridgehead atoms. The zero-order valence-electron chi connectivity index (χ0n) is 22.2. The molecule has 0 fully saturated rings. The first kappa shape index (κ1) is 27.4. The molecule has 0 radical (unpaired) electrons. The van der Waals surface area contributed by atoms with Crippen molar-refractivity contribution in [2.24, 2.45) is 5.92 Å². The van der Waals surface area contributed by atoms with Crippen LogP contribution in [0.25, 0.3) is 0 Å². The van der Waals surface area contributed by atoms with E-state index in [1.54, 1.807) is 43.5 Å². The van der Waals surface area contributed by atoms with Gasteiger partial charge in [-0.15, -0.1) is 0 Å². The second kappa shape index (κ2) is 12.7. The number of fused-ring (bicyclic) bond motifs is 1. The van der Waals surface area contributed by atoms with Crippen LogP contribution in [0.4, 0.5) is 10.5 Å². The molecule has 196 valence electrons. The Bertz CT molecular complexity index is 1020. The van der Waals surface area contributed by atoms with E-state index in [0.29, 0.717) is 36.7 Å². The van der Waals surface area contributed by atoms with Gasteiger partial charge >= 0.3 is 6.03 Å². The van der Waals surface area contributed by atoms with Crippen molar-refractivity contribution in [3.8, 4) is 5.75 Å². The number of methoxy groups -OCH3 is 1. The average molecular weight is 498 g/mol. The average Bonchev–Trinajstić information content (AvgIpc) is 2.84. The molecule has 1 aromatic carbocycles. The van der Waals surface area contributed by atoms with Crippen molar-refractivity contribution in [3.05, 3.63) is 53.9 Å². The summed E-state index contributed by atoms with van der Waals surface area (Å²) in [6, 6.07) is 10.8. The fourth-order valence-electron chi connectivity index (χ4n) is 4.28. The molecule has 0 unspecified atom stereocenters. The topological polar surface area (TPSA) is 96.0 Å². The third kappa shape index (κ3) is 7.41. The van der Waals surface area contributed by atoms with Gasteiger partial charge in [0.05, 0.1) is 17.4 Å².